The monoisotopic (exact) mass is 400 g/mol. The van der Waals surface area contributed by atoms with Gasteiger partial charge in [-0.05, 0) is 18.1 Å². The van der Waals surface area contributed by atoms with Crippen LogP contribution in [0.1, 0.15) is 24.2 Å². The SMILES string of the molecule is CC(C)C(OC(=O)CNC(=O)c1ccc(Cl)c([N+](=O)[O-])c1)C(=O)NC(N)=O. The van der Waals surface area contributed by atoms with Crippen molar-refractivity contribution in [2.24, 2.45) is 11.7 Å². The molecule has 0 aromatic heterocycles. The minimum absolute atomic E-state index is 0.0919. The fraction of sp³-hybridized carbons (Fsp3) is 0.333. The summed E-state index contributed by atoms with van der Waals surface area (Å²) in [6.07, 6.45) is -1.29. The van der Waals surface area contributed by atoms with Crippen molar-refractivity contribution in [2.45, 2.75) is 20.0 Å². The van der Waals surface area contributed by atoms with Gasteiger partial charge >= 0.3 is 12.0 Å². The molecule has 27 heavy (non-hydrogen) atoms. The second-order valence-corrected chi connectivity index (χ2v) is 6.02. The van der Waals surface area contributed by atoms with E-state index >= 15 is 0 Å². The highest BCUT2D eigenvalue weighted by molar-refractivity contribution is 6.32. The van der Waals surface area contributed by atoms with Crippen molar-refractivity contribution < 1.29 is 28.8 Å². The highest BCUT2D eigenvalue weighted by Gasteiger charge is 2.27. The van der Waals surface area contributed by atoms with E-state index in [0.29, 0.717) is 0 Å². The summed E-state index contributed by atoms with van der Waals surface area (Å²) in [5.41, 5.74) is 4.29. The number of nitro benzene ring substituents is 1. The number of hydrogen-bond acceptors (Lipinski definition) is 7. The second kappa shape index (κ2) is 9.48. The molecule has 0 aliphatic rings. The summed E-state index contributed by atoms with van der Waals surface area (Å²) >= 11 is 5.66. The second-order valence-electron chi connectivity index (χ2n) is 5.61. The zero-order valence-corrected chi connectivity index (χ0v) is 15.1. The number of halogens is 1. The van der Waals surface area contributed by atoms with Crippen LogP contribution in [-0.4, -0.2) is 41.4 Å². The summed E-state index contributed by atoms with van der Waals surface area (Å²) in [5.74, 6) is -3.10. The van der Waals surface area contributed by atoms with E-state index in [9.17, 15) is 29.3 Å². The van der Waals surface area contributed by atoms with Gasteiger partial charge in [0.05, 0.1) is 4.92 Å². The molecule has 0 heterocycles. The van der Waals surface area contributed by atoms with Gasteiger partial charge in [0.25, 0.3) is 17.5 Å². The van der Waals surface area contributed by atoms with Crippen LogP contribution in [0, 0.1) is 16.0 Å². The number of hydrogen-bond donors (Lipinski definition) is 3. The van der Waals surface area contributed by atoms with Gasteiger partial charge in [-0.3, -0.25) is 29.8 Å². The first-order valence-corrected chi connectivity index (χ1v) is 7.92. The van der Waals surface area contributed by atoms with Crippen molar-refractivity contribution in [1.82, 2.24) is 10.6 Å². The van der Waals surface area contributed by atoms with Crippen LogP contribution in [0.15, 0.2) is 18.2 Å². The van der Waals surface area contributed by atoms with Crippen LogP contribution in [0.4, 0.5) is 10.5 Å². The van der Waals surface area contributed by atoms with Crippen LogP contribution in [0.3, 0.4) is 0 Å². The van der Waals surface area contributed by atoms with Crippen LogP contribution < -0.4 is 16.4 Å². The van der Waals surface area contributed by atoms with Crippen molar-refractivity contribution in [3.63, 3.8) is 0 Å². The lowest BCUT2D eigenvalue weighted by Crippen LogP contribution is -2.46. The van der Waals surface area contributed by atoms with Crippen LogP contribution >= 0.6 is 11.6 Å². The number of carbonyl (C=O) groups is 4. The lowest BCUT2D eigenvalue weighted by Gasteiger charge is -2.19. The van der Waals surface area contributed by atoms with Gasteiger partial charge < -0.3 is 15.8 Å². The predicted molar refractivity (Wildman–Crippen MR) is 92.9 cm³/mol. The van der Waals surface area contributed by atoms with Crippen LogP contribution in [0.25, 0.3) is 0 Å². The zero-order valence-electron chi connectivity index (χ0n) is 14.4. The lowest BCUT2D eigenvalue weighted by atomic mass is 10.1. The number of ether oxygens (including phenoxy) is 1. The minimum atomic E-state index is -1.29. The van der Waals surface area contributed by atoms with Crippen molar-refractivity contribution in [2.75, 3.05) is 6.54 Å². The van der Waals surface area contributed by atoms with Gasteiger partial charge in [0, 0.05) is 11.6 Å². The average molecular weight is 401 g/mol. The van der Waals surface area contributed by atoms with E-state index in [2.05, 4.69) is 5.32 Å². The number of rotatable bonds is 7. The first-order chi connectivity index (χ1) is 12.5. The van der Waals surface area contributed by atoms with Crippen LogP contribution in [0.2, 0.25) is 5.02 Å². The molecule has 0 radical (unpaired) electrons. The molecule has 4 N–H and O–H groups in total. The van der Waals surface area contributed by atoms with Gasteiger partial charge in [0.2, 0.25) is 0 Å². The predicted octanol–water partition coefficient (Wildman–Crippen LogP) is 0.741. The van der Waals surface area contributed by atoms with Crippen molar-refractivity contribution in [1.29, 1.82) is 0 Å². The van der Waals surface area contributed by atoms with Gasteiger partial charge in [-0.2, -0.15) is 0 Å². The van der Waals surface area contributed by atoms with E-state index in [4.69, 9.17) is 22.1 Å². The Morgan fingerprint density at radius 1 is 1.30 bits per heavy atom. The number of nitro groups is 1. The number of nitrogens with zero attached hydrogens (tertiary/aromatic N) is 1. The maximum absolute atomic E-state index is 12.0. The number of benzene rings is 1. The quantitative estimate of drug-likeness (QED) is 0.344. The molecule has 11 nitrogen and oxygen atoms in total. The number of amides is 4. The molecule has 0 bridgehead atoms. The van der Waals surface area contributed by atoms with Gasteiger partial charge in [0.15, 0.2) is 6.10 Å². The van der Waals surface area contributed by atoms with Crippen LogP contribution in [-0.2, 0) is 14.3 Å². The Labute approximate surface area is 158 Å². The Balaban J connectivity index is 2.71. The molecule has 0 aliphatic heterocycles. The molecule has 0 spiro atoms. The summed E-state index contributed by atoms with van der Waals surface area (Å²) in [4.78, 5) is 56.4. The number of nitrogens with two attached hydrogens (primary N) is 1. The number of urea groups is 1. The van der Waals surface area contributed by atoms with Gasteiger partial charge in [-0.25, -0.2) is 4.79 Å². The Hall–Kier alpha value is -3.21. The van der Waals surface area contributed by atoms with Crippen molar-refractivity contribution in [3.8, 4) is 0 Å². The Morgan fingerprint density at radius 3 is 2.44 bits per heavy atom. The summed E-state index contributed by atoms with van der Waals surface area (Å²) in [5, 5.41) is 14.7. The number of esters is 1. The van der Waals surface area contributed by atoms with E-state index < -0.39 is 53.0 Å². The maximum Gasteiger partial charge on any atom is 0.326 e. The summed E-state index contributed by atoms with van der Waals surface area (Å²) in [6.45, 7) is 2.54. The molecule has 1 rings (SSSR count). The number of nitrogens with one attached hydrogen (secondary N) is 2. The normalized spacial score (nSPS) is 11.4. The molecular weight excluding hydrogens is 384 g/mol. The number of primary amides is 1. The molecule has 1 aromatic carbocycles. The van der Waals surface area contributed by atoms with E-state index in [1.807, 2.05) is 0 Å². The molecule has 1 unspecified atom stereocenters. The Kier molecular flexibility index (Phi) is 7.66. The lowest BCUT2D eigenvalue weighted by molar-refractivity contribution is -0.384. The molecule has 4 amide bonds. The fourth-order valence-corrected chi connectivity index (χ4v) is 2.10. The molecule has 12 heteroatoms. The van der Waals surface area contributed by atoms with E-state index in [-0.39, 0.29) is 10.6 Å². The maximum atomic E-state index is 12.0. The number of carbonyl (C=O) groups excluding carboxylic acids is 4. The number of imide groups is 1. The van der Waals surface area contributed by atoms with Crippen molar-refractivity contribution >= 4 is 41.1 Å². The highest BCUT2D eigenvalue weighted by Crippen LogP contribution is 2.24. The molecule has 1 atom stereocenters. The first kappa shape index (κ1) is 21.8. The minimum Gasteiger partial charge on any atom is -0.451 e. The third kappa shape index (κ3) is 6.55. The third-order valence-electron chi connectivity index (χ3n) is 3.17. The van der Waals surface area contributed by atoms with Gasteiger partial charge in [-0.1, -0.05) is 25.4 Å². The molecule has 0 saturated heterocycles. The van der Waals surface area contributed by atoms with E-state index in [1.54, 1.807) is 19.2 Å². The fourth-order valence-electron chi connectivity index (χ4n) is 1.92. The molecule has 0 fully saturated rings. The Bertz CT molecular complexity index is 781. The van der Waals surface area contributed by atoms with E-state index in [0.717, 1.165) is 6.07 Å². The summed E-state index contributed by atoms with van der Waals surface area (Å²) in [7, 11) is 0. The topological polar surface area (TPSA) is 171 Å². The molecule has 146 valence electrons. The van der Waals surface area contributed by atoms with Gasteiger partial charge in [0.1, 0.15) is 11.6 Å². The Morgan fingerprint density at radius 2 is 1.93 bits per heavy atom. The summed E-state index contributed by atoms with van der Waals surface area (Å²) in [6, 6.07) is 2.28. The largest absolute Gasteiger partial charge is 0.451 e. The average Bonchev–Trinajstić information content (AvgIpc) is 2.56. The van der Waals surface area contributed by atoms with Crippen molar-refractivity contribution in [3.05, 3.63) is 38.9 Å². The highest BCUT2D eigenvalue weighted by atomic mass is 35.5. The standard InChI is InChI=1S/C15H17ClN4O7/c1-7(2)12(14(23)19-15(17)24)27-11(21)6-18-13(22)8-3-4-9(16)10(5-8)20(25)26/h3-5,7,12H,6H2,1-2H3,(H,18,22)(H3,17,19,23,24). The third-order valence-corrected chi connectivity index (χ3v) is 3.49. The molecule has 0 aliphatic carbocycles. The zero-order chi connectivity index (χ0) is 20.7. The smallest absolute Gasteiger partial charge is 0.326 e. The molecular formula is C15H17ClN4O7. The van der Waals surface area contributed by atoms with E-state index in [1.165, 1.54) is 12.1 Å². The molecule has 0 saturated carbocycles. The molecule has 1 aromatic rings. The first-order valence-electron chi connectivity index (χ1n) is 7.54. The van der Waals surface area contributed by atoms with Gasteiger partial charge in [-0.15, -0.1) is 0 Å². The summed E-state index contributed by atoms with van der Waals surface area (Å²) < 4.78 is 4.94. The van der Waals surface area contributed by atoms with Crippen LogP contribution in [0.5, 0.6) is 0 Å².